The molecule has 5 N–H and O–H groups in total. The van der Waals surface area contributed by atoms with Crippen molar-refractivity contribution >= 4 is 22.9 Å². The van der Waals surface area contributed by atoms with Crippen LogP contribution in [0, 0.1) is 6.92 Å². The lowest BCUT2D eigenvalue weighted by Gasteiger charge is -2.16. The average Bonchev–Trinajstić information content (AvgIpc) is 3.12. The summed E-state index contributed by atoms with van der Waals surface area (Å²) >= 11 is 0. The van der Waals surface area contributed by atoms with E-state index in [1.54, 1.807) is 0 Å². The quantitative estimate of drug-likeness (QED) is 0.436. The monoisotopic (exact) mass is 397 g/mol. The molecular weight excluding hydrogens is 366 g/mol. The summed E-state index contributed by atoms with van der Waals surface area (Å²) in [5, 5.41) is 16.9. The Morgan fingerprint density at radius 3 is 2.62 bits per heavy atom. The van der Waals surface area contributed by atoms with E-state index < -0.39 is 0 Å². The van der Waals surface area contributed by atoms with Crippen LogP contribution in [0.5, 0.6) is 5.75 Å². The first-order valence-electron chi connectivity index (χ1n) is 10.2. The van der Waals surface area contributed by atoms with Crippen molar-refractivity contribution in [2.24, 2.45) is 5.73 Å². The third kappa shape index (κ3) is 4.59. The molecule has 0 aliphatic heterocycles. The molecule has 0 aliphatic rings. The summed E-state index contributed by atoms with van der Waals surface area (Å²) in [5.74, 6) is 1.44. The number of aromatic hydroxyl groups is 1. The molecule has 3 rings (SSSR count). The minimum Gasteiger partial charge on any atom is -0.507 e. The molecule has 3 aromatic rings. The lowest BCUT2D eigenvalue weighted by molar-refractivity contribution is 0.465. The van der Waals surface area contributed by atoms with Gasteiger partial charge in [0.05, 0.1) is 6.33 Å². The van der Waals surface area contributed by atoms with Gasteiger partial charge in [0, 0.05) is 30.7 Å². The molecule has 8 heteroatoms. The van der Waals surface area contributed by atoms with E-state index >= 15 is 0 Å². The number of rotatable bonds is 9. The number of para-hydroxylation sites is 1. The molecule has 0 saturated heterocycles. The van der Waals surface area contributed by atoms with Gasteiger partial charge in [-0.2, -0.15) is 9.97 Å². The van der Waals surface area contributed by atoms with Gasteiger partial charge in [0.1, 0.15) is 5.75 Å². The summed E-state index contributed by atoms with van der Waals surface area (Å²) in [6, 6.07) is 6.02. The number of hydrogen-bond acceptors (Lipinski definition) is 7. The summed E-state index contributed by atoms with van der Waals surface area (Å²) in [7, 11) is 0. The largest absolute Gasteiger partial charge is 0.507 e. The molecule has 1 aromatic carbocycles. The fourth-order valence-electron chi connectivity index (χ4n) is 3.36. The molecule has 0 fully saturated rings. The first kappa shape index (κ1) is 20.9. The third-order valence-electron chi connectivity index (χ3n) is 5.11. The molecule has 8 nitrogen and oxygen atoms in total. The number of hydrogen-bond donors (Lipinski definition) is 4. The van der Waals surface area contributed by atoms with Crippen LogP contribution in [0.3, 0.4) is 0 Å². The molecule has 0 saturated carbocycles. The van der Waals surface area contributed by atoms with Gasteiger partial charge >= 0.3 is 0 Å². The molecule has 0 amide bonds. The second-order valence-corrected chi connectivity index (χ2v) is 7.48. The summed E-state index contributed by atoms with van der Waals surface area (Å²) < 4.78 is 2.11. The van der Waals surface area contributed by atoms with Gasteiger partial charge < -0.3 is 26.0 Å². The van der Waals surface area contributed by atoms with Crippen LogP contribution in [-0.2, 0) is 6.54 Å². The molecule has 1 atom stereocenters. The maximum atomic E-state index is 10.3. The van der Waals surface area contributed by atoms with Crippen molar-refractivity contribution in [2.75, 3.05) is 17.2 Å². The van der Waals surface area contributed by atoms with Gasteiger partial charge in [-0.05, 0) is 32.3 Å². The van der Waals surface area contributed by atoms with Gasteiger partial charge in [0.2, 0.25) is 5.95 Å². The van der Waals surface area contributed by atoms with Crippen LogP contribution in [0.1, 0.15) is 50.8 Å². The van der Waals surface area contributed by atoms with Crippen LogP contribution < -0.4 is 16.4 Å². The Bertz CT molecular complexity index is 963. The Balaban J connectivity index is 1.98. The standard InChI is InChI=1S/C21H31N7O/c1-5-16(6-2)28-12-25-17-19(23-11-15-9-7-8-13(3)18(15)29)26-21(27-20(17)28)24-10-14(4)22/h7-9,12,14,16,29H,5-6,10-11,22H2,1-4H3,(H2,23,24,26,27). The second kappa shape index (κ2) is 9.09. The van der Waals surface area contributed by atoms with E-state index in [0.29, 0.717) is 36.6 Å². The summed E-state index contributed by atoms with van der Waals surface area (Å²) in [4.78, 5) is 13.9. The maximum Gasteiger partial charge on any atom is 0.226 e. The van der Waals surface area contributed by atoms with E-state index in [1.165, 1.54) is 0 Å². The summed E-state index contributed by atoms with van der Waals surface area (Å²) in [6.45, 7) is 9.15. The molecule has 0 spiro atoms. The van der Waals surface area contributed by atoms with E-state index in [-0.39, 0.29) is 6.04 Å². The number of nitrogens with two attached hydrogens (primary N) is 1. The smallest absolute Gasteiger partial charge is 0.226 e. The fraction of sp³-hybridized carbons (Fsp3) is 0.476. The van der Waals surface area contributed by atoms with Crippen molar-refractivity contribution < 1.29 is 5.11 Å². The Hall–Kier alpha value is -2.87. The van der Waals surface area contributed by atoms with Crippen molar-refractivity contribution in [3.05, 3.63) is 35.7 Å². The predicted molar refractivity (Wildman–Crippen MR) is 117 cm³/mol. The van der Waals surface area contributed by atoms with Gasteiger partial charge in [0.25, 0.3) is 0 Å². The lowest BCUT2D eigenvalue weighted by Crippen LogP contribution is -2.26. The van der Waals surface area contributed by atoms with Crippen molar-refractivity contribution in [2.45, 2.75) is 59.2 Å². The normalized spacial score (nSPS) is 12.5. The van der Waals surface area contributed by atoms with Gasteiger partial charge in [-0.25, -0.2) is 4.98 Å². The number of phenolic OH excluding ortho intramolecular Hbond substituents is 1. The molecule has 2 heterocycles. The van der Waals surface area contributed by atoms with E-state index in [9.17, 15) is 5.11 Å². The Morgan fingerprint density at radius 2 is 1.93 bits per heavy atom. The Labute approximate surface area is 171 Å². The minimum atomic E-state index is -0.0149. The second-order valence-electron chi connectivity index (χ2n) is 7.48. The lowest BCUT2D eigenvalue weighted by atomic mass is 10.1. The number of imidazole rings is 1. The summed E-state index contributed by atoms with van der Waals surface area (Å²) in [6.07, 6.45) is 3.82. The zero-order valence-electron chi connectivity index (χ0n) is 17.6. The molecule has 156 valence electrons. The Kier molecular flexibility index (Phi) is 6.53. The number of aromatic nitrogens is 4. The maximum absolute atomic E-state index is 10.3. The first-order valence-corrected chi connectivity index (χ1v) is 10.2. The highest BCUT2D eigenvalue weighted by Gasteiger charge is 2.17. The number of phenols is 1. The SMILES string of the molecule is CCC(CC)n1cnc2c(NCc3cccc(C)c3O)nc(NCC(C)N)nc21. The van der Waals surface area contributed by atoms with Gasteiger partial charge in [-0.15, -0.1) is 0 Å². The fourth-order valence-corrected chi connectivity index (χ4v) is 3.36. The zero-order valence-corrected chi connectivity index (χ0v) is 17.6. The molecule has 0 radical (unpaired) electrons. The van der Waals surface area contributed by atoms with Crippen molar-refractivity contribution in [3.63, 3.8) is 0 Å². The number of nitrogens with zero attached hydrogens (tertiary/aromatic N) is 4. The van der Waals surface area contributed by atoms with Gasteiger partial charge in [0.15, 0.2) is 17.0 Å². The minimum absolute atomic E-state index is 0.0149. The summed E-state index contributed by atoms with van der Waals surface area (Å²) in [5.41, 5.74) is 9.03. The highest BCUT2D eigenvalue weighted by molar-refractivity contribution is 5.84. The van der Waals surface area contributed by atoms with Crippen LogP contribution in [0.25, 0.3) is 11.2 Å². The molecule has 2 aromatic heterocycles. The number of aryl methyl sites for hydroxylation is 1. The number of benzene rings is 1. The topological polar surface area (TPSA) is 114 Å². The number of fused-ring (bicyclic) bond motifs is 1. The number of nitrogens with one attached hydrogen (secondary N) is 2. The molecule has 0 aliphatic carbocycles. The van der Waals surface area contributed by atoms with E-state index in [4.69, 9.17) is 10.7 Å². The highest BCUT2D eigenvalue weighted by atomic mass is 16.3. The van der Waals surface area contributed by atoms with Crippen LogP contribution in [0.15, 0.2) is 24.5 Å². The molecule has 0 bridgehead atoms. The predicted octanol–water partition coefficient (Wildman–Crippen LogP) is 3.57. The van der Waals surface area contributed by atoms with E-state index in [0.717, 1.165) is 35.1 Å². The van der Waals surface area contributed by atoms with Crippen molar-refractivity contribution in [1.29, 1.82) is 0 Å². The van der Waals surface area contributed by atoms with Gasteiger partial charge in [-0.1, -0.05) is 32.0 Å². The van der Waals surface area contributed by atoms with Crippen LogP contribution in [-0.4, -0.2) is 37.2 Å². The number of anilines is 2. The van der Waals surface area contributed by atoms with Crippen LogP contribution in [0.2, 0.25) is 0 Å². The zero-order chi connectivity index (χ0) is 21.0. The van der Waals surface area contributed by atoms with Gasteiger partial charge in [-0.3, -0.25) is 0 Å². The van der Waals surface area contributed by atoms with Crippen LogP contribution >= 0.6 is 0 Å². The van der Waals surface area contributed by atoms with E-state index in [2.05, 4.69) is 39.0 Å². The third-order valence-corrected chi connectivity index (χ3v) is 5.11. The highest BCUT2D eigenvalue weighted by Crippen LogP contribution is 2.28. The molecular formula is C21H31N7O. The Morgan fingerprint density at radius 1 is 1.17 bits per heavy atom. The average molecular weight is 398 g/mol. The molecule has 1 unspecified atom stereocenters. The van der Waals surface area contributed by atoms with Crippen LogP contribution in [0.4, 0.5) is 11.8 Å². The van der Waals surface area contributed by atoms with E-state index in [1.807, 2.05) is 38.4 Å². The molecule has 29 heavy (non-hydrogen) atoms. The van der Waals surface area contributed by atoms with Crippen molar-refractivity contribution in [3.8, 4) is 5.75 Å². The van der Waals surface area contributed by atoms with Crippen molar-refractivity contribution in [1.82, 2.24) is 19.5 Å². The first-order chi connectivity index (χ1) is 13.9.